The number of hydrogen-bond donors (Lipinski definition) is 2. The van der Waals surface area contributed by atoms with Gasteiger partial charge < -0.3 is 5.73 Å². The Balaban J connectivity index is 1.80. The van der Waals surface area contributed by atoms with Crippen LogP contribution in [-0.2, 0) is 13.1 Å². The van der Waals surface area contributed by atoms with E-state index in [0.29, 0.717) is 18.0 Å². The Kier molecular flexibility index (Phi) is 7.03. The molecule has 34 heavy (non-hydrogen) atoms. The Morgan fingerprint density at radius 1 is 1.09 bits per heavy atom. The molecule has 8 nitrogen and oxygen atoms in total. The summed E-state index contributed by atoms with van der Waals surface area (Å²) in [6, 6.07) is 18.8. The fourth-order valence-corrected chi connectivity index (χ4v) is 4.42. The lowest BCUT2D eigenvalue weighted by atomic mass is 10.2. The van der Waals surface area contributed by atoms with Crippen LogP contribution in [0.5, 0.6) is 0 Å². The van der Waals surface area contributed by atoms with Gasteiger partial charge in [0, 0.05) is 17.5 Å². The van der Waals surface area contributed by atoms with E-state index in [1.165, 1.54) is 20.8 Å². The predicted molar refractivity (Wildman–Crippen MR) is 135 cm³/mol. The number of unbranched alkanes of at least 4 members (excludes halogenated alkanes) is 1. The summed E-state index contributed by atoms with van der Waals surface area (Å²) in [5.74, 6) is -0.509. The van der Waals surface area contributed by atoms with E-state index >= 15 is 0 Å². The second-order valence-electron chi connectivity index (χ2n) is 7.78. The van der Waals surface area contributed by atoms with E-state index in [2.05, 4.69) is 9.97 Å². The number of aromatic amines is 1. The number of H-pyrrole nitrogens is 1. The minimum absolute atomic E-state index is 0.0370. The average molecular weight is 476 g/mol. The number of hydrogen-bond acceptors (Lipinski definition) is 6. The van der Waals surface area contributed by atoms with E-state index in [-0.39, 0.29) is 23.7 Å². The van der Waals surface area contributed by atoms with Gasteiger partial charge in [0.1, 0.15) is 16.5 Å². The standard InChI is InChI=1S/C25H25N5O3S/c1-2-3-14-29-21(26)20(22(31)28-25(29)33)30(15-17-10-6-4-7-11-17)24(32)19-16-34-23(27-19)18-12-8-5-9-13-18/h4-13,16H,2-3,14-15,26H2,1H3,(H,28,31,33). The Labute approximate surface area is 200 Å². The van der Waals surface area contributed by atoms with Crippen molar-refractivity contribution < 1.29 is 4.79 Å². The van der Waals surface area contributed by atoms with E-state index in [9.17, 15) is 14.4 Å². The summed E-state index contributed by atoms with van der Waals surface area (Å²) in [5, 5.41) is 2.36. The summed E-state index contributed by atoms with van der Waals surface area (Å²) in [5.41, 5.74) is 6.87. The highest BCUT2D eigenvalue weighted by molar-refractivity contribution is 7.13. The second-order valence-corrected chi connectivity index (χ2v) is 8.64. The molecule has 0 unspecified atom stereocenters. The number of carbonyl (C=O) groups excluding carboxylic acids is 1. The van der Waals surface area contributed by atoms with Gasteiger partial charge in [-0.25, -0.2) is 9.78 Å². The molecule has 174 valence electrons. The fourth-order valence-electron chi connectivity index (χ4n) is 3.62. The second kappa shape index (κ2) is 10.3. The third-order valence-corrected chi connectivity index (χ3v) is 6.28. The molecule has 2 heterocycles. The molecule has 4 rings (SSSR count). The van der Waals surface area contributed by atoms with Crippen LogP contribution >= 0.6 is 11.3 Å². The lowest BCUT2D eigenvalue weighted by molar-refractivity contribution is 0.0980. The number of amides is 1. The van der Waals surface area contributed by atoms with Gasteiger partial charge in [-0.05, 0) is 12.0 Å². The number of anilines is 2. The quantitative estimate of drug-likeness (QED) is 0.401. The SMILES string of the molecule is CCCCn1c(N)c(N(Cc2ccccc2)C(=O)c2csc(-c3ccccc3)n2)c(=O)[nH]c1=O. The van der Waals surface area contributed by atoms with Crippen LogP contribution < -0.4 is 21.9 Å². The van der Waals surface area contributed by atoms with E-state index in [1.807, 2.05) is 67.6 Å². The summed E-state index contributed by atoms with van der Waals surface area (Å²) in [7, 11) is 0. The van der Waals surface area contributed by atoms with Crippen LogP contribution in [0.1, 0.15) is 35.8 Å². The first kappa shape index (κ1) is 23.2. The van der Waals surface area contributed by atoms with Gasteiger partial charge >= 0.3 is 5.69 Å². The molecule has 2 aromatic heterocycles. The summed E-state index contributed by atoms with van der Waals surface area (Å²) < 4.78 is 1.31. The summed E-state index contributed by atoms with van der Waals surface area (Å²) in [6.45, 7) is 2.43. The summed E-state index contributed by atoms with van der Waals surface area (Å²) >= 11 is 1.34. The third kappa shape index (κ3) is 4.84. The van der Waals surface area contributed by atoms with E-state index in [1.54, 1.807) is 5.38 Å². The van der Waals surface area contributed by atoms with Crippen LogP contribution in [0, 0.1) is 0 Å². The number of carbonyl (C=O) groups is 1. The van der Waals surface area contributed by atoms with Crippen molar-refractivity contribution in [2.24, 2.45) is 0 Å². The molecular formula is C25H25N5O3S. The maximum absolute atomic E-state index is 13.7. The van der Waals surface area contributed by atoms with E-state index in [4.69, 9.17) is 5.73 Å². The first-order valence-corrected chi connectivity index (χ1v) is 11.9. The molecule has 0 atom stereocenters. The van der Waals surface area contributed by atoms with E-state index < -0.39 is 17.2 Å². The minimum Gasteiger partial charge on any atom is -0.383 e. The van der Waals surface area contributed by atoms with Gasteiger partial charge in [-0.15, -0.1) is 11.3 Å². The molecule has 0 aliphatic rings. The summed E-state index contributed by atoms with van der Waals surface area (Å²) in [6.07, 6.45) is 1.54. The Morgan fingerprint density at radius 2 is 1.76 bits per heavy atom. The maximum atomic E-state index is 13.7. The van der Waals surface area contributed by atoms with Gasteiger partial charge in [0.25, 0.3) is 11.5 Å². The van der Waals surface area contributed by atoms with Gasteiger partial charge in [0.15, 0.2) is 5.69 Å². The summed E-state index contributed by atoms with van der Waals surface area (Å²) in [4.78, 5) is 47.2. The lowest BCUT2D eigenvalue weighted by Gasteiger charge is -2.24. The Hall–Kier alpha value is -3.98. The third-order valence-electron chi connectivity index (χ3n) is 5.39. The molecule has 0 aliphatic heterocycles. The van der Waals surface area contributed by atoms with Gasteiger partial charge in [0.05, 0.1) is 6.54 Å². The van der Waals surface area contributed by atoms with Crippen molar-refractivity contribution in [2.75, 3.05) is 10.6 Å². The maximum Gasteiger partial charge on any atom is 0.330 e. The zero-order valence-corrected chi connectivity index (χ0v) is 19.5. The number of nitrogens with zero attached hydrogens (tertiary/aromatic N) is 3. The van der Waals surface area contributed by atoms with Gasteiger partial charge in [0.2, 0.25) is 0 Å². The topological polar surface area (TPSA) is 114 Å². The van der Waals surface area contributed by atoms with Crippen molar-refractivity contribution in [1.82, 2.24) is 14.5 Å². The fraction of sp³-hybridized carbons (Fsp3) is 0.200. The molecule has 1 amide bonds. The molecule has 4 aromatic rings. The van der Waals surface area contributed by atoms with Crippen molar-refractivity contribution in [3.05, 3.63) is 98.1 Å². The average Bonchev–Trinajstić information content (AvgIpc) is 3.34. The molecule has 0 bridgehead atoms. The number of benzene rings is 2. The highest BCUT2D eigenvalue weighted by atomic mass is 32.1. The van der Waals surface area contributed by atoms with E-state index in [0.717, 1.165) is 17.5 Å². The van der Waals surface area contributed by atoms with Crippen LogP contribution in [0.2, 0.25) is 0 Å². The zero-order chi connectivity index (χ0) is 24.1. The zero-order valence-electron chi connectivity index (χ0n) is 18.7. The van der Waals surface area contributed by atoms with Crippen LogP contribution in [-0.4, -0.2) is 20.4 Å². The van der Waals surface area contributed by atoms with Crippen molar-refractivity contribution in [3.63, 3.8) is 0 Å². The van der Waals surface area contributed by atoms with Gasteiger partial charge in [-0.3, -0.25) is 24.0 Å². The van der Waals surface area contributed by atoms with Crippen LogP contribution in [0.25, 0.3) is 10.6 Å². The first-order valence-electron chi connectivity index (χ1n) is 11.0. The molecular weight excluding hydrogens is 450 g/mol. The predicted octanol–water partition coefficient (Wildman–Crippen LogP) is 3.89. The molecule has 3 N–H and O–H groups in total. The molecule has 0 fully saturated rings. The highest BCUT2D eigenvalue weighted by Gasteiger charge is 2.27. The smallest absolute Gasteiger partial charge is 0.330 e. The van der Waals surface area contributed by atoms with Crippen LogP contribution in [0.3, 0.4) is 0 Å². The first-order chi connectivity index (χ1) is 16.5. The molecule has 2 aromatic carbocycles. The molecule has 0 spiro atoms. The largest absolute Gasteiger partial charge is 0.383 e. The molecule has 0 saturated heterocycles. The van der Waals surface area contributed by atoms with Crippen molar-refractivity contribution in [1.29, 1.82) is 0 Å². The van der Waals surface area contributed by atoms with Crippen LogP contribution in [0.15, 0.2) is 75.6 Å². The molecule has 0 radical (unpaired) electrons. The lowest BCUT2D eigenvalue weighted by Crippen LogP contribution is -2.41. The molecule has 0 saturated carbocycles. The van der Waals surface area contributed by atoms with Gasteiger partial charge in [-0.1, -0.05) is 74.0 Å². The Morgan fingerprint density at radius 3 is 2.44 bits per heavy atom. The van der Waals surface area contributed by atoms with Crippen molar-refractivity contribution >= 4 is 28.7 Å². The number of nitrogen functional groups attached to an aromatic ring is 1. The van der Waals surface area contributed by atoms with Crippen molar-refractivity contribution in [2.45, 2.75) is 32.9 Å². The van der Waals surface area contributed by atoms with Gasteiger partial charge in [-0.2, -0.15) is 0 Å². The normalized spacial score (nSPS) is 10.9. The molecule has 0 aliphatic carbocycles. The Bertz CT molecular complexity index is 1390. The highest BCUT2D eigenvalue weighted by Crippen LogP contribution is 2.27. The molecule has 9 heteroatoms. The number of nitrogens with one attached hydrogen (secondary N) is 1. The van der Waals surface area contributed by atoms with Crippen molar-refractivity contribution in [3.8, 4) is 10.6 Å². The minimum atomic E-state index is -0.710. The monoisotopic (exact) mass is 475 g/mol. The number of aromatic nitrogens is 3. The number of thiazole rings is 1. The number of rotatable bonds is 8. The van der Waals surface area contributed by atoms with Crippen LogP contribution in [0.4, 0.5) is 11.5 Å². The number of nitrogens with two attached hydrogens (primary N) is 1.